The van der Waals surface area contributed by atoms with E-state index in [0.717, 1.165) is 34.1 Å². The fourth-order valence-corrected chi connectivity index (χ4v) is 3.85. The zero-order valence-corrected chi connectivity index (χ0v) is 15.3. The second-order valence-corrected chi connectivity index (χ2v) is 6.55. The Hall–Kier alpha value is -2.52. The van der Waals surface area contributed by atoms with E-state index in [1.165, 1.54) is 21.8 Å². The Bertz CT molecular complexity index is 1080. The Morgan fingerprint density at radius 1 is 1.04 bits per heavy atom. The number of pyridine rings is 1. The number of benzene rings is 2. The average molecular weight is 351 g/mol. The predicted octanol–water partition coefficient (Wildman–Crippen LogP) is 5.85. The Kier molecular flexibility index (Phi) is 3.89. The van der Waals surface area contributed by atoms with Gasteiger partial charge in [-0.3, -0.25) is 4.98 Å². The van der Waals surface area contributed by atoms with Crippen LogP contribution in [0.15, 0.2) is 48.7 Å². The van der Waals surface area contributed by atoms with Gasteiger partial charge in [-0.15, -0.1) is 0 Å². The van der Waals surface area contributed by atoms with Crippen LogP contribution in [0, 0.1) is 6.92 Å². The highest BCUT2D eigenvalue weighted by Gasteiger charge is 2.17. The molecule has 4 heteroatoms. The van der Waals surface area contributed by atoms with Gasteiger partial charge in [0.2, 0.25) is 0 Å². The molecule has 0 N–H and O–H groups in total. The van der Waals surface area contributed by atoms with Gasteiger partial charge in [0.15, 0.2) is 0 Å². The Labute approximate surface area is 151 Å². The molecule has 2 aromatic carbocycles. The summed E-state index contributed by atoms with van der Waals surface area (Å²) in [4.78, 5) is 4.49. The van der Waals surface area contributed by atoms with Crippen LogP contribution in [0.5, 0.6) is 5.75 Å². The molecule has 0 atom stereocenters. The summed E-state index contributed by atoms with van der Waals surface area (Å²) in [5, 5.41) is 3.10. The van der Waals surface area contributed by atoms with Crippen molar-refractivity contribution in [3.05, 3.63) is 59.4 Å². The van der Waals surface area contributed by atoms with E-state index >= 15 is 0 Å². The van der Waals surface area contributed by atoms with Crippen molar-refractivity contribution in [1.82, 2.24) is 9.55 Å². The lowest BCUT2D eigenvalue weighted by atomic mass is 10.0. The third kappa shape index (κ3) is 2.47. The quantitative estimate of drug-likeness (QED) is 0.463. The Morgan fingerprint density at radius 3 is 2.48 bits per heavy atom. The number of aryl methyl sites for hydroxylation is 2. The maximum atomic E-state index is 6.48. The summed E-state index contributed by atoms with van der Waals surface area (Å²) in [6, 6.07) is 14.3. The van der Waals surface area contributed by atoms with E-state index in [1.807, 2.05) is 24.4 Å². The lowest BCUT2D eigenvalue weighted by molar-refractivity contribution is 0.415. The fourth-order valence-electron chi connectivity index (χ4n) is 3.63. The molecule has 4 rings (SSSR count). The first-order valence-electron chi connectivity index (χ1n) is 8.35. The minimum Gasteiger partial charge on any atom is -0.497 e. The average Bonchev–Trinajstić information content (AvgIpc) is 2.96. The molecule has 4 aromatic rings. The van der Waals surface area contributed by atoms with Crippen LogP contribution in [0.2, 0.25) is 5.02 Å². The van der Waals surface area contributed by atoms with Gasteiger partial charge in [-0.1, -0.05) is 23.7 Å². The molecule has 0 amide bonds. The van der Waals surface area contributed by atoms with Crippen LogP contribution in [-0.2, 0) is 6.54 Å². The standard InChI is InChI=1S/C21H19ClN2O/c1-4-24-20-13(2)23-10-9-17(20)19-12-15(22)11-18(21(19)24)14-5-7-16(25-3)8-6-14/h5-12H,4H2,1-3H3. The summed E-state index contributed by atoms with van der Waals surface area (Å²) in [6.07, 6.45) is 1.87. The SMILES string of the molecule is CCn1c2c(-c3ccc(OC)cc3)cc(Cl)cc2c2ccnc(C)c21. The highest BCUT2D eigenvalue weighted by molar-refractivity contribution is 6.32. The molecule has 25 heavy (non-hydrogen) atoms. The largest absolute Gasteiger partial charge is 0.497 e. The Balaban J connectivity index is 2.14. The summed E-state index contributed by atoms with van der Waals surface area (Å²) in [5.41, 5.74) is 5.66. The van der Waals surface area contributed by atoms with Gasteiger partial charge in [0.1, 0.15) is 5.75 Å². The lowest BCUT2D eigenvalue weighted by Crippen LogP contribution is -1.97. The van der Waals surface area contributed by atoms with Crippen molar-refractivity contribution in [1.29, 1.82) is 0 Å². The number of methoxy groups -OCH3 is 1. The highest BCUT2D eigenvalue weighted by Crippen LogP contribution is 2.39. The molecule has 2 aromatic heterocycles. The van der Waals surface area contributed by atoms with Crippen LogP contribution in [0.1, 0.15) is 12.6 Å². The summed E-state index contributed by atoms with van der Waals surface area (Å²) in [7, 11) is 1.68. The summed E-state index contributed by atoms with van der Waals surface area (Å²) >= 11 is 6.48. The molecular weight excluding hydrogens is 332 g/mol. The van der Waals surface area contributed by atoms with Gasteiger partial charge in [0.05, 0.1) is 23.8 Å². The van der Waals surface area contributed by atoms with E-state index in [4.69, 9.17) is 16.3 Å². The first-order valence-corrected chi connectivity index (χ1v) is 8.73. The molecule has 0 bridgehead atoms. The summed E-state index contributed by atoms with van der Waals surface area (Å²) in [5.74, 6) is 0.845. The van der Waals surface area contributed by atoms with E-state index < -0.39 is 0 Å². The van der Waals surface area contributed by atoms with E-state index in [0.29, 0.717) is 0 Å². The topological polar surface area (TPSA) is 27.1 Å². The van der Waals surface area contributed by atoms with Crippen LogP contribution >= 0.6 is 11.6 Å². The lowest BCUT2D eigenvalue weighted by Gasteiger charge is -2.11. The van der Waals surface area contributed by atoms with E-state index in [1.54, 1.807) is 7.11 Å². The molecule has 0 aliphatic heterocycles. The minimum atomic E-state index is 0.739. The third-order valence-electron chi connectivity index (χ3n) is 4.73. The van der Waals surface area contributed by atoms with Gasteiger partial charge < -0.3 is 9.30 Å². The fraction of sp³-hybridized carbons (Fsp3) is 0.190. The van der Waals surface area contributed by atoms with Crippen molar-refractivity contribution in [2.45, 2.75) is 20.4 Å². The van der Waals surface area contributed by atoms with Crippen LogP contribution in [-0.4, -0.2) is 16.7 Å². The van der Waals surface area contributed by atoms with Gasteiger partial charge in [-0.05, 0) is 49.7 Å². The number of rotatable bonds is 3. The minimum absolute atomic E-state index is 0.739. The van der Waals surface area contributed by atoms with Crippen LogP contribution in [0.3, 0.4) is 0 Å². The first-order chi connectivity index (χ1) is 12.1. The van der Waals surface area contributed by atoms with E-state index in [-0.39, 0.29) is 0 Å². The zero-order valence-electron chi connectivity index (χ0n) is 14.5. The van der Waals surface area contributed by atoms with Gasteiger partial charge in [-0.2, -0.15) is 0 Å². The number of nitrogens with zero attached hydrogens (tertiary/aromatic N) is 2. The van der Waals surface area contributed by atoms with Crippen molar-refractivity contribution in [3.63, 3.8) is 0 Å². The number of halogens is 1. The maximum absolute atomic E-state index is 6.48. The molecule has 0 unspecified atom stereocenters. The molecule has 0 radical (unpaired) electrons. The molecule has 0 saturated heterocycles. The van der Waals surface area contributed by atoms with Crippen LogP contribution in [0.4, 0.5) is 0 Å². The molecule has 0 aliphatic rings. The van der Waals surface area contributed by atoms with Crippen molar-refractivity contribution in [2.24, 2.45) is 0 Å². The molecule has 0 saturated carbocycles. The van der Waals surface area contributed by atoms with Crippen molar-refractivity contribution < 1.29 is 4.74 Å². The van der Waals surface area contributed by atoms with Crippen molar-refractivity contribution in [2.75, 3.05) is 7.11 Å². The number of fused-ring (bicyclic) bond motifs is 3. The summed E-state index contributed by atoms with van der Waals surface area (Å²) in [6.45, 7) is 5.09. The van der Waals surface area contributed by atoms with Crippen molar-refractivity contribution in [3.8, 4) is 16.9 Å². The first kappa shape index (κ1) is 16.0. The smallest absolute Gasteiger partial charge is 0.118 e. The second-order valence-electron chi connectivity index (χ2n) is 6.11. The van der Waals surface area contributed by atoms with Gasteiger partial charge in [0, 0.05) is 34.1 Å². The third-order valence-corrected chi connectivity index (χ3v) is 4.95. The second kappa shape index (κ2) is 6.08. The number of ether oxygens (including phenoxy) is 1. The van der Waals surface area contributed by atoms with Crippen LogP contribution in [0.25, 0.3) is 32.9 Å². The molecule has 0 spiro atoms. The van der Waals surface area contributed by atoms with Crippen molar-refractivity contribution >= 4 is 33.4 Å². The Morgan fingerprint density at radius 2 is 1.80 bits per heavy atom. The molecular formula is C21H19ClN2O. The number of hydrogen-bond acceptors (Lipinski definition) is 2. The monoisotopic (exact) mass is 350 g/mol. The molecule has 0 fully saturated rings. The van der Waals surface area contributed by atoms with E-state index in [2.05, 4.69) is 47.7 Å². The molecule has 2 heterocycles. The van der Waals surface area contributed by atoms with Gasteiger partial charge in [0.25, 0.3) is 0 Å². The highest BCUT2D eigenvalue weighted by atomic mass is 35.5. The zero-order chi connectivity index (χ0) is 17.6. The number of hydrogen-bond donors (Lipinski definition) is 0. The number of aromatic nitrogens is 2. The summed E-state index contributed by atoms with van der Waals surface area (Å²) < 4.78 is 7.62. The maximum Gasteiger partial charge on any atom is 0.118 e. The van der Waals surface area contributed by atoms with E-state index in [9.17, 15) is 0 Å². The molecule has 3 nitrogen and oxygen atoms in total. The van der Waals surface area contributed by atoms with Gasteiger partial charge in [-0.25, -0.2) is 0 Å². The van der Waals surface area contributed by atoms with Gasteiger partial charge >= 0.3 is 0 Å². The van der Waals surface area contributed by atoms with Crippen LogP contribution < -0.4 is 4.74 Å². The molecule has 0 aliphatic carbocycles. The molecule has 126 valence electrons. The predicted molar refractivity (Wildman–Crippen MR) is 105 cm³/mol. The normalized spacial score (nSPS) is 11.4.